The molecule has 0 fully saturated rings. The molecule has 0 aliphatic rings. The van der Waals surface area contributed by atoms with Gasteiger partial charge in [0.05, 0.1) is 6.57 Å². The van der Waals surface area contributed by atoms with E-state index in [4.69, 9.17) is 6.57 Å². The first-order valence-electron chi connectivity index (χ1n) is 5.97. The number of carbonyl (C=O) groups is 1. The summed E-state index contributed by atoms with van der Waals surface area (Å²) in [4.78, 5) is 19.4. The Morgan fingerprint density at radius 3 is 2.85 bits per heavy atom. The number of nitrogens with one attached hydrogen (secondary N) is 1. The molecule has 0 atom stereocenters. The number of hydrogen-bond acceptors (Lipinski definition) is 2. The minimum atomic E-state index is -0.127. The fourth-order valence-electron chi connectivity index (χ4n) is 1.94. The van der Waals surface area contributed by atoms with E-state index in [1.165, 1.54) is 6.20 Å². The molecule has 1 N–H and O–H groups in total. The lowest BCUT2D eigenvalue weighted by Gasteiger charge is -2.09. The van der Waals surface area contributed by atoms with Crippen LogP contribution in [0.5, 0.6) is 0 Å². The molecule has 0 radical (unpaired) electrons. The molecule has 0 aliphatic carbocycles. The van der Waals surface area contributed by atoms with Gasteiger partial charge in [-0.25, -0.2) is 4.85 Å². The summed E-state index contributed by atoms with van der Waals surface area (Å²) in [6.07, 6.45) is 2.05. The summed E-state index contributed by atoms with van der Waals surface area (Å²) in [5, 5.41) is 2.63. The van der Waals surface area contributed by atoms with Crippen molar-refractivity contribution in [2.45, 2.75) is 6.42 Å². The van der Waals surface area contributed by atoms with E-state index in [9.17, 15) is 4.79 Å². The Morgan fingerprint density at radius 2 is 2.15 bits per heavy atom. The van der Waals surface area contributed by atoms with Crippen molar-refractivity contribution in [3.05, 3.63) is 69.2 Å². The second-order valence-corrected chi connectivity index (χ2v) is 4.97. The highest BCUT2D eigenvalue weighted by Crippen LogP contribution is 2.25. The molecule has 0 spiro atoms. The zero-order chi connectivity index (χ0) is 14.5. The van der Waals surface area contributed by atoms with Crippen LogP contribution in [0.2, 0.25) is 0 Å². The van der Waals surface area contributed by atoms with E-state index >= 15 is 0 Å². The SMILES string of the molecule is [C-]#[N+]c1cnc(Br)cc1Cc1ccccc1C(=O)NC. The average molecular weight is 330 g/mol. The van der Waals surface area contributed by atoms with Crippen LogP contribution in [-0.2, 0) is 6.42 Å². The largest absolute Gasteiger partial charge is 0.355 e. The summed E-state index contributed by atoms with van der Waals surface area (Å²) in [6, 6.07) is 9.20. The van der Waals surface area contributed by atoms with Crippen LogP contribution in [0, 0.1) is 6.57 Å². The van der Waals surface area contributed by atoms with Crippen molar-refractivity contribution in [3.63, 3.8) is 0 Å². The zero-order valence-electron chi connectivity index (χ0n) is 10.9. The molecule has 0 aliphatic heterocycles. The summed E-state index contributed by atoms with van der Waals surface area (Å²) in [5.41, 5.74) is 2.85. The highest BCUT2D eigenvalue weighted by Gasteiger charge is 2.12. The molecule has 0 saturated heterocycles. The van der Waals surface area contributed by atoms with Gasteiger partial charge in [0.1, 0.15) is 4.60 Å². The Kier molecular flexibility index (Phi) is 4.49. The predicted molar refractivity (Wildman–Crippen MR) is 80.8 cm³/mol. The van der Waals surface area contributed by atoms with Crippen LogP contribution < -0.4 is 5.32 Å². The van der Waals surface area contributed by atoms with Gasteiger partial charge in [-0.2, -0.15) is 0 Å². The highest BCUT2D eigenvalue weighted by atomic mass is 79.9. The van der Waals surface area contributed by atoms with Crippen LogP contribution in [0.3, 0.4) is 0 Å². The van der Waals surface area contributed by atoms with Gasteiger partial charge < -0.3 is 5.32 Å². The summed E-state index contributed by atoms with van der Waals surface area (Å²) in [7, 11) is 1.60. The first-order chi connectivity index (χ1) is 9.65. The minimum absolute atomic E-state index is 0.127. The van der Waals surface area contributed by atoms with E-state index in [2.05, 4.69) is 31.1 Å². The number of carbonyl (C=O) groups excluding carboxylic acids is 1. The van der Waals surface area contributed by atoms with E-state index < -0.39 is 0 Å². The van der Waals surface area contributed by atoms with Crippen molar-refractivity contribution in [1.29, 1.82) is 0 Å². The van der Waals surface area contributed by atoms with Gasteiger partial charge in [-0.1, -0.05) is 18.2 Å². The van der Waals surface area contributed by atoms with Crippen molar-refractivity contribution in [1.82, 2.24) is 10.3 Å². The van der Waals surface area contributed by atoms with Crippen LogP contribution in [0.1, 0.15) is 21.5 Å². The second-order valence-electron chi connectivity index (χ2n) is 4.16. The number of amides is 1. The number of pyridine rings is 1. The maximum Gasteiger partial charge on any atom is 0.251 e. The molecule has 100 valence electrons. The molecule has 5 heteroatoms. The van der Waals surface area contributed by atoms with Gasteiger partial charge in [-0.3, -0.25) is 9.78 Å². The number of nitrogens with zero attached hydrogens (tertiary/aromatic N) is 2. The van der Waals surface area contributed by atoms with E-state index in [-0.39, 0.29) is 5.91 Å². The maximum absolute atomic E-state index is 11.9. The van der Waals surface area contributed by atoms with Crippen molar-refractivity contribution < 1.29 is 4.79 Å². The third-order valence-corrected chi connectivity index (χ3v) is 3.36. The lowest BCUT2D eigenvalue weighted by molar-refractivity contribution is 0.0962. The second kappa shape index (κ2) is 6.31. The normalized spacial score (nSPS) is 9.85. The number of rotatable bonds is 3. The summed E-state index contributed by atoms with van der Waals surface area (Å²) < 4.78 is 0.678. The van der Waals surface area contributed by atoms with Crippen molar-refractivity contribution >= 4 is 27.5 Å². The number of aromatic nitrogens is 1. The molecule has 0 saturated carbocycles. The number of hydrogen-bond donors (Lipinski definition) is 1. The Labute approximate surface area is 125 Å². The van der Waals surface area contributed by atoms with Gasteiger partial charge in [-0.05, 0) is 45.6 Å². The van der Waals surface area contributed by atoms with Crippen molar-refractivity contribution in [2.24, 2.45) is 0 Å². The molecule has 0 unspecified atom stereocenters. The zero-order valence-corrected chi connectivity index (χ0v) is 12.4. The molecule has 1 amide bonds. The van der Waals surface area contributed by atoms with Crippen molar-refractivity contribution in [3.8, 4) is 0 Å². The fourth-order valence-corrected chi connectivity index (χ4v) is 2.32. The first kappa shape index (κ1) is 14.2. The lowest BCUT2D eigenvalue weighted by Crippen LogP contribution is -2.19. The average Bonchev–Trinajstić information content (AvgIpc) is 2.47. The molecule has 4 nitrogen and oxygen atoms in total. The smallest absolute Gasteiger partial charge is 0.251 e. The van der Waals surface area contributed by atoms with Gasteiger partial charge in [0.25, 0.3) is 5.91 Å². The van der Waals surface area contributed by atoms with Gasteiger partial charge in [0.15, 0.2) is 0 Å². The van der Waals surface area contributed by atoms with Gasteiger partial charge in [0, 0.05) is 18.8 Å². The summed E-state index contributed by atoms with van der Waals surface area (Å²) >= 11 is 3.31. The van der Waals surface area contributed by atoms with Crippen LogP contribution in [-0.4, -0.2) is 17.9 Å². The highest BCUT2D eigenvalue weighted by molar-refractivity contribution is 9.10. The van der Waals surface area contributed by atoms with E-state index in [0.29, 0.717) is 22.3 Å². The van der Waals surface area contributed by atoms with E-state index in [0.717, 1.165) is 11.1 Å². The molecular formula is C15H12BrN3O. The molecule has 2 aromatic rings. The van der Waals surface area contributed by atoms with Crippen LogP contribution in [0.25, 0.3) is 4.85 Å². The molecule has 1 aromatic heterocycles. The first-order valence-corrected chi connectivity index (χ1v) is 6.77. The molecular weight excluding hydrogens is 318 g/mol. The summed E-state index contributed by atoms with van der Waals surface area (Å²) in [5.74, 6) is -0.127. The Morgan fingerprint density at radius 1 is 1.40 bits per heavy atom. The fraction of sp³-hybridized carbons (Fsp3) is 0.133. The van der Waals surface area contributed by atoms with Crippen LogP contribution in [0.15, 0.2) is 41.1 Å². The quantitative estimate of drug-likeness (QED) is 0.693. The van der Waals surface area contributed by atoms with Gasteiger partial charge in [-0.15, -0.1) is 0 Å². The molecule has 2 rings (SSSR count). The Bertz CT molecular complexity index is 692. The molecule has 20 heavy (non-hydrogen) atoms. The maximum atomic E-state index is 11.9. The number of halogens is 1. The monoisotopic (exact) mass is 329 g/mol. The van der Waals surface area contributed by atoms with E-state index in [1.807, 2.05) is 24.3 Å². The molecule has 1 heterocycles. The Hall–Kier alpha value is -2.19. The third-order valence-electron chi connectivity index (χ3n) is 2.92. The third kappa shape index (κ3) is 3.03. The van der Waals surface area contributed by atoms with E-state index in [1.54, 1.807) is 13.1 Å². The van der Waals surface area contributed by atoms with Gasteiger partial charge >= 0.3 is 0 Å². The van der Waals surface area contributed by atoms with Crippen molar-refractivity contribution in [2.75, 3.05) is 7.05 Å². The Balaban J connectivity index is 2.43. The molecule has 0 bridgehead atoms. The molecule has 1 aromatic carbocycles. The van der Waals surface area contributed by atoms with Crippen LogP contribution >= 0.6 is 15.9 Å². The number of benzene rings is 1. The topological polar surface area (TPSA) is 46.4 Å². The predicted octanol–water partition coefficient (Wildman–Crippen LogP) is 3.35. The standard InChI is InChI=1S/C15H12BrN3O/c1-17-13-9-19-14(16)8-11(13)7-10-5-3-4-6-12(10)15(20)18-2/h3-6,8-9H,7H2,2H3,(H,18,20). The van der Waals surface area contributed by atoms with Crippen LogP contribution in [0.4, 0.5) is 5.69 Å². The summed E-state index contributed by atoms with van der Waals surface area (Å²) in [6.45, 7) is 7.19. The minimum Gasteiger partial charge on any atom is -0.355 e. The lowest BCUT2D eigenvalue weighted by atomic mass is 9.99. The van der Waals surface area contributed by atoms with Gasteiger partial charge in [0.2, 0.25) is 5.69 Å².